The van der Waals surface area contributed by atoms with Crippen LogP contribution < -0.4 is 0 Å². The van der Waals surface area contributed by atoms with Gasteiger partial charge in [-0.3, -0.25) is 0 Å². The molecule has 0 unspecified atom stereocenters. The van der Waals surface area contributed by atoms with Crippen LogP contribution in [0.5, 0.6) is 0 Å². The van der Waals surface area contributed by atoms with Crippen LogP contribution in [0, 0.1) is 16.7 Å². The number of carboxylic acid groups (broad SMARTS) is 1. The zero-order valence-electron chi connectivity index (χ0n) is 8.99. The Morgan fingerprint density at radius 1 is 1.56 bits per heavy atom. The Bertz CT molecular complexity index is 282. The molecule has 90 valence electrons. The third-order valence-corrected chi connectivity index (χ3v) is 2.98. The number of piperidine rings is 1. The minimum Gasteiger partial charge on any atom is -0.465 e. The van der Waals surface area contributed by atoms with Crippen molar-refractivity contribution in [2.45, 2.75) is 12.8 Å². The lowest BCUT2D eigenvalue weighted by Crippen LogP contribution is -2.44. The summed E-state index contributed by atoms with van der Waals surface area (Å²) in [5.41, 5.74) is -0.544. The van der Waals surface area contributed by atoms with Crippen LogP contribution in [-0.2, 0) is 4.74 Å². The molecule has 0 aliphatic carbocycles. The second-order valence-corrected chi connectivity index (χ2v) is 4.28. The molecule has 16 heavy (non-hydrogen) atoms. The van der Waals surface area contributed by atoms with Crippen molar-refractivity contribution in [1.82, 2.24) is 4.90 Å². The number of nitriles is 1. The van der Waals surface area contributed by atoms with Crippen LogP contribution in [0.25, 0.3) is 0 Å². The number of halogens is 1. The summed E-state index contributed by atoms with van der Waals surface area (Å²) < 4.78 is 5.29. The van der Waals surface area contributed by atoms with E-state index < -0.39 is 11.5 Å². The van der Waals surface area contributed by atoms with E-state index >= 15 is 0 Å². The van der Waals surface area contributed by atoms with E-state index in [9.17, 15) is 4.79 Å². The Morgan fingerprint density at radius 2 is 2.19 bits per heavy atom. The molecule has 0 aromatic rings. The summed E-state index contributed by atoms with van der Waals surface area (Å²) >= 11 is 5.48. The maximum Gasteiger partial charge on any atom is 0.407 e. The van der Waals surface area contributed by atoms with Gasteiger partial charge in [-0.05, 0) is 12.8 Å². The highest BCUT2D eigenvalue weighted by Gasteiger charge is 2.36. The van der Waals surface area contributed by atoms with Crippen molar-refractivity contribution in [2.24, 2.45) is 5.41 Å². The van der Waals surface area contributed by atoms with E-state index in [4.69, 9.17) is 26.7 Å². The number of likely N-dealkylation sites (tertiary alicyclic amines) is 1. The number of carbonyl (C=O) groups is 1. The minimum absolute atomic E-state index is 0.337. The van der Waals surface area contributed by atoms with Crippen LogP contribution in [0.1, 0.15) is 12.8 Å². The van der Waals surface area contributed by atoms with Gasteiger partial charge in [-0.25, -0.2) is 4.79 Å². The van der Waals surface area contributed by atoms with Gasteiger partial charge in [0.2, 0.25) is 0 Å². The van der Waals surface area contributed by atoms with E-state index in [0.29, 0.717) is 45.0 Å². The monoisotopic (exact) mass is 246 g/mol. The van der Waals surface area contributed by atoms with Crippen LogP contribution in [0.4, 0.5) is 4.79 Å². The van der Waals surface area contributed by atoms with Crippen LogP contribution in [0.15, 0.2) is 0 Å². The first kappa shape index (κ1) is 13.1. The molecule has 1 N–H and O–H groups in total. The van der Waals surface area contributed by atoms with Crippen molar-refractivity contribution in [3.8, 4) is 6.07 Å². The van der Waals surface area contributed by atoms with Crippen molar-refractivity contribution in [3.63, 3.8) is 0 Å². The molecule has 0 spiro atoms. The quantitative estimate of drug-likeness (QED) is 0.603. The molecule has 5 nitrogen and oxygen atoms in total. The Kier molecular flexibility index (Phi) is 4.84. The molecule has 1 aliphatic rings. The molecule has 1 rings (SSSR count). The number of hydrogen-bond acceptors (Lipinski definition) is 3. The topological polar surface area (TPSA) is 73.6 Å². The lowest BCUT2D eigenvalue weighted by Gasteiger charge is -2.35. The molecule has 1 amide bonds. The lowest BCUT2D eigenvalue weighted by atomic mass is 9.81. The molecule has 0 aromatic carbocycles. The van der Waals surface area contributed by atoms with Crippen molar-refractivity contribution < 1.29 is 14.6 Å². The second-order valence-electron chi connectivity index (χ2n) is 3.90. The van der Waals surface area contributed by atoms with E-state index in [-0.39, 0.29) is 0 Å². The molecule has 6 heteroatoms. The van der Waals surface area contributed by atoms with Gasteiger partial charge < -0.3 is 14.7 Å². The maximum absolute atomic E-state index is 10.7. The molecular formula is C10H15ClN2O3. The molecular weight excluding hydrogens is 232 g/mol. The third-order valence-electron chi connectivity index (χ3n) is 2.83. The Labute approximate surface area is 99.5 Å². The van der Waals surface area contributed by atoms with Gasteiger partial charge in [-0.15, -0.1) is 11.6 Å². The number of alkyl halides is 1. The summed E-state index contributed by atoms with van der Waals surface area (Å²) in [6.45, 7) is 1.55. The predicted molar refractivity (Wildman–Crippen MR) is 58.4 cm³/mol. The largest absolute Gasteiger partial charge is 0.465 e. The van der Waals surface area contributed by atoms with Gasteiger partial charge in [0.05, 0.1) is 24.7 Å². The van der Waals surface area contributed by atoms with Gasteiger partial charge in [0.25, 0.3) is 0 Å². The van der Waals surface area contributed by atoms with E-state index in [1.165, 1.54) is 4.90 Å². The van der Waals surface area contributed by atoms with Gasteiger partial charge in [-0.2, -0.15) is 5.26 Å². The number of rotatable bonds is 4. The van der Waals surface area contributed by atoms with Crippen molar-refractivity contribution in [3.05, 3.63) is 0 Å². The van der Waals surface area contributed by atoms with Crippen molar-refractivity contribution in [2.75, 3.05) is 32.2 Å². The molecule has 1 aliphatic heterocycles. The number of ether oxygens (including phenoxy) is 1. The molecule has 0 aromatic heterocycles. The average Bonchev–Trinajstić information content (AvgIpc) is 2.30. The molecule has 0 radical (unpaired) electrons. The summed E-state index contributed by atoms with van der Waals surface area (Å²) in [7, 11) is 0. The average molecular weight is 247 g/mol. The van der Waals surface area contributed by atoms with Gasteiger partial charge in [0.15, 0.2) is 0 Å². The zero-order chi connectivity index (χ0) is 12.0. The first-order valence-corrected chi connectivity index (χ1v) is 5.70. The number of amides is 1. The number of nitrogens with zero attached hydrogens (tertiary/aromatic N) is 2. The first-order valence-electron chi connectivity index (χ1n) is 5.16. The van der Waals surface area contributed by atoms with Crippen LogP contribution >= 0.6 is 11.6 Å². The standard InChI is InChI=1S/C10H15ClN2O3/c11-3-6-16-8-10(7-12)1-4-13(5-2-10)9(14)15/h1-6,8H2,(H,14,15). The molecule has 0 atom stereocenters. The fourth-order valence-corrected chi connectivity index (χ4v) is 1.85. The normalized spacial score (nSPS) is 19.1. The Morgan fingerprint density at radius 3 is 2.62 bits per heavy atom. The molecule has 1 saturated heterocycles. The van der Waals surface area contributed by atoms with E-state index in [0.717, 1.165) is 0 Å². The highest BCUT2D eigenvalue weighted by Crippen LogP contribution is 2.31. The fraction of sp³-hybridized carbons (Fsp3) is 0.800. The molecule has 0 saturated carbocycles. The lowest BCUT2D eigenvalue weighted by molar-refractivity contribution is 0.0393. The van der Waals surface area contributed by atoms with E-state index in [2.05, 4.69) is 6.07 Å². The Balaban J connectivity index is 2.45. The van der Waals surface area contributed by atoms with Crippen LogP contribution in [0.2, 0.25) is 0 Å². The van der Waals surface area contributed by atoms with Crippen molar-refractivity contribution >= 4 is 17.7 Å². The maximum atomic E-state index is 10.7. The predicted octanol–water partition coefficient (Wildman–Crippen LogP) is 1.53. The van der Waals surface area contributed by atoms with Gasteiger partial charge in [0.1, 0.15) is 0 Å². The summed E-state index contributed by atoms with van der Waals surface area (Å²) in [6.07, 6.45) is 0.129. The number of hydrogen-bond donors (Lipinski definition) is 1. The van der Waals surface area contributed by atoms with Crippen molar-refractivity contribution in [1.29, 1.82) is 5.26 Å². The van der Waals surface area contributed by atoms with Crippen LogP contribution in [0.3, 0.4) is 0 Å². The van der Waals surface area contributed by atoms with E-state index in [1.54, 1.807) is 0 Å². The van der Waals surface area contributed by atoms with Gasteiger partial charge in [0, 0.05) is 19.0 Å². The summed E-state index contributed by atoms with van der Waals surface area (Å²) in [5, 5.41) is 17.9. The second kappa shape index (κ2) is 5.92. The fourth-order valence-electron chi connectivity index (χ4n) is 1.74. The SMILES string of the molecule is N#CC1(COCCCl)CCN(C(=O)O)CC1. The molecule has 1 fully saturated rings. The van der Waals surface area contributed by atoms with Crippen LogP contribution in [-0.4, -0.2) is 48.3 Å². The minimum atomic E-state index is -0.923. The smallest absolute Gasteiger partial charge is 0.407 e. The Hall–Kier alpha value is -0.990. The zero-order valence-corrected chi connectivity index (χ0v) is 9.74. The summed E-state index contributed by atoms with van der Waals surface area (Å²) in [5.74, 6) is 0.406. The first-order chi connectivity index (χ1) is 7.63. The summed E-state index contributed by atoms with van der Waals surface area (Å²) in [4.78, 5) is 12.0. The van der Waals surface area contributed by atoms with Gasteiger partial charge >= 0.3 is 6.09 Å². The molecule has 0 bridgehead atoms. The third kappa shape index (κ3) is 3.26. The highest BCUT2D eigenvalue weighted by atomic mass is 35.5. The highest BCUT2D eigenvalue weighted by molar-refractivity contribution is 6.17. The van der Waals surface area contributed by atoms with Gasteiger partial charge in [-0.1, -0.05) is 0 Å². The summed E-state index contributed by atoms with van der Waals surface area (Å²) in [6, 6.07) is 2.25. The van der Waals surface area contributed by atoms with E-state index in [1.807, 2.05) is 0 Å². The molecule has 1 heterocycles.